The third-order valence-electron chi connectivity index (χ3n) is 3.68. The van der Waals surface area contributed by atoms with E-state index in [4.69, 9.17) is 0 Å². The molecule has 2 aromatic rings. The molecule has 1 fully saturated rings. The van der Waals surface area contributed by atoms with E-state index in [0.717, 1.165) is 25.9 Å². The highest BCUT2D eigenvalue weighted by Crippen LogP contribution is 2.42. The largest absolute Gasteiger partial charge is 0.493 e. The number of benzene rings is 1. The molecule has 1 saturated heterocycles. The molecule has 100 valence electrons. The predicted octanol–water partition coefficient (Wildman–Crippen LogP) is 2.81. The lowest BCUT2D eigenvalue weighted by molar-refractivity contribution is 0.331. The topological polar surface area (TPSA) is 66.6 Å². The Morgan fingerprint density at radius 2 is 2.11 bits per heavy atom. The molecular formula is C13H14FN3O2. The van der Waals surface area contributed by atoms with Crippen LogP contribution in [0.2, 0.25) is 0 Å². The van der Waals surface area contributed by atoms with Gasteiger partial charge in [-0.15, -0.1) is 4.91 Å². The fraction of sp³-hybridized carbons (Fsp3) is 0.385. The Balaban J connectivity index is 2.22. The first-order valence-electron chi connectivity index (χ1n) is 6.29. The Kier molecular flexibility index (Phi) is 2.94. The maximum Gasteiger partial charge on any atom is 0.222 e. The first-order valence-corrected chi connectivity index (χ1v) is 6.29. The highest BCUT2D eigenvalue weighted by molar-refractivity contribution is 5.95. The van der Waals surface area contributed by atoms with Gasteiger partial charge in [0.05, 0.1) is 5.52 Å². The summed E-state index contributed by atoms with van der Waals surface area (Å²) in [5, 5.41) is 16.6. The number of rotatable bonds is 2. The SMILES string of the molecule is O=Nc1c(O)n(C2CCNCC2)c2ccc(F)cc12. The number of halogens is 1. The van der Waals surface area contributed by atoms with Crippen molar-refractivity contribution in [2.45, 2.75) is 18.9 Å². The summed E-state index contributed by atoms with van der Waals surface area (Å²) < 4.78 is 15.0. The standard InChI is InChI=1S/C13H14FN3O2/c14-8-1-2-11-10(7-8)12(16-19)13(18)17(11)9-3-5-15-6-4-9/h1-2,7,9,15,18H,3-6H2. The van der Waals surface area contributed by atoms with Crippen LogP contribution in [-0.2, 0) is 0 Å². The summed E-state index contributed by atoms with van der Waals surface area (Å²) in [6, 6.07) is 4.25. The van der Waals surface area contributed by atoms with E-state index in [9.17, 15) is 14.4 Å². The van der Waals surface area contributed by atoms with Crippen LogP contribution in [0.1, 0.15) is 18.9 Å². The van der Waals surface area contributed by atoms with Gasteiger partial charge in [0, 0.05) is 11.4 Å². The van der Waals surface area contributed by atoms with Crippen molar-refractivity contribution in [2.75, 3.05) is 13.1 Å². The average molecular weight is 263 g/mol. The third kappa shape index (κ3) is 1.88. The summed E-state index contributed by atoms with van der Waals surface area (Å²) in [5.41, 5.74) is 0.577. The lowest BCUT2D eigenvalue weighted by atomic mass is 10.1. The Morgan fingerprint density at radius 1 is 1.37 bits per heavy atom. The van der Waals surface area contributed by atoms with Gasteiger partial charge in [0.15, 0.2) is 5.69 Å². The number of nitrogens with one attached hydrogen (secondary N) is 1. The number of nitrogens with zero attached hydrogens (tertiary/aromatic N) is 2. The van der Waals surface area contributed by atoms with Crippen LogP contribution >= 0.6 is 0 Å². The normalized spacial score (nSPS) is 16.9. The summed E-state index contributed by atoms with van der Waals surface area (Å²) in [7, 11) is 0. The number of aromatic hydroxyl groups is 1. The van der Waals surface area contributed by atoms with Gasteiger partial charge in [-0.1, -0.05) is 0 Å². The molecule has 5 nitrogen and oxygen atoms in total. The second-order valence-electron chi connectivity index (χ2n) is 4.78. The molecular weight excluding hydrogens is 249 g/mol. The minimum atomic E-state index is -0.445. The van der Waals surface area contributed by atoms with Crippen molar-refractivity contribution in [2.24, 2.45) is 5.18 Å². The maximum absolute atomic E-state index is 13.3. The van der Waals surface area contributed by atoms with Gasteiger partial charge in [-0.2, -0.15) is 0 Å². The zero-order valence-electron chi connectivity index (χ0n) is 10.3. The zero-order valence-corrected chi connectivity index (χ0v) is 10.3. The number of fused-ring (bicyclic) bond motifs is 1. The molecule has 1 aliphatic rings. The number of hydrogen-bond donors (Lipinski definition) is 2. The zero-order chi connectivity index (χ0) is 13.4. The van der Waals surface area contributed by atoms with Gasteiger partial charge in [0.2, 0.25) is 5.88 Å². The Morgan fingerprint density at radius 3 is 2.79 bits per heavy atom. The van der Waals surface area contributed by atoms with E-state index in [1.54, 1.807) is 10.6 Å². The van der Waals surface area contributed by atoms with Crippen LogP contribution in [0.15, 0.2) is 23.4 Å². The molecule has 0 atom stereocenters. The van der Waals surface area contributed by atoms with Crippen LogP contribution in [0.3, 0.4) is 0 Å². The van der Waals surface area contributed by atoms with Crippen molar-refractivity contribution < 1.29 is 9.50 Å². The highest BCUT2D eigenvalue weighted by Gasteiger charge is 2.24. The van der Waals surface area contributed by atoms with E-state index in [-0.39, 0.29) is 17.6 Å². The molecule has 19 heavy (non-hydrogen) atoms. The Labute approximate surface area is 109 Å². The van der Waals surface area contributed by atoms with Crippen molar-refractivity contribution in [1.82, 2.24) is 9.88 Å². The van der Waals surface area contributed by atoms with Crippen molar-refractivity contribution >= 4 is 16.6 Å². The van der Waals surface area contributed by atoms with E-state index in [1.807, 2.05) is 0 Å². The summed E-state index contributed by atoms with van der Waals surface area (Å²) in [4.78, 5) is 10.9. The van der Waals surface area contributed by atoms with E-state index in [0.29, 0.717) is 10.9 Å². The molecule has 6 heteroatoms. The monoisotopic (exact) mass is 263 g/mol. The predicted molar refractivity (Wildman–Crippen MR) is 70.2 cm³/mol. The number of hydrogen-bond acceptors (Lipinski definition) is 4. The van der Waals surface area contributed by atoms with Crippen LogP contribution in [-0.4, -0.2) is 22.8 Å². The highest BCUT2D eigenvalue weighted by atomic mass is 19.1. The molecule has 0 aliphatic carbocycles. The van der Waals surface area contributed by atoms with Crippen molar-refractivity contribution in [3.63, 3.8) is 0 Å². The van der Waals surface area contributed by atoms with Gasteiger partial charge in [-0.25, -0.2) is 4.39 Å². The molecule has 2 N–H and O–H groups in total. The second kappa shape index (κ2) is 4.62. The second-order valence-corrected chi connectivity index (χ2v) is 4.78. The van der Waals surface area contributed by atoms with Gasteiger partial charge >= 0.3 is 0 Å². The van der Waals surface area contributed by atoms with Gasteiger partial charge in [-0.05, 0) is 49.3 Å². The van der Waals surface area contributed by atoms with Gasteiger partial charge < -0.3 is 15.0 Å². The smallest absolute Gasteiger partial charge is 0.222 e. The summed E-state index contributed by atoms with van der Waals surface area (Å²) in [6.07, 6.45) is 1.71. The molecule has 0 radical (unpaired) electrons. The van der Waals surface area contributed by atoms with Gasteiger partial charge in [0.1, 0.15) is 5.82 Å². The summed E-state index contributed by atoms with van der Waals surface area (Å²) in [6.45, 7) is 1.71. The molecule has 3 rings (SSSR count). The minimum absolute atomic E-state index is 0.0759. The van der Waals surface area contributed by atoms with Crippen LogP contribution in [0.4, 0.5) is 10.1 Å². The molecule has 2 heterocycles. The van der Waals surface area contributed by atoms with Gasteiger partial charge in [-0.3, -0.25) is 0 Å². The van der Waals surface area contributed by atoms with Crippen molar-refractivity contribution in [3.05, 3.63) is 28.9 Å². The van der Waals surface area contributed by atoms with Crippen LogP contribution in [0, 0.1) is 10.7 Å². The summed E-state index contributed by atoms with van der Waals surface area (Å²) >= 11 is 0. The lowest BCUT2D eigenvalue weighted by Gasteiger charge is -2.25. The lowest BCUT2D eigenvalue weighted by Crippen LogP contribution is -2.29. The minimum Gasteiger partial charge on any atom is -0.493 e. The molecule has 0 unspecified atom stereocenters. The van der Waals surface area contributed by atoms with E-state index in [1.165, 1.54) is 12.1 Å². The Hall–Kier alpha value is -1.95. The molecule has 1 aromatic heterocycles. The van der Waals surface area contributed by atoms with Crippen molar-refractivity contribution in [1.29, 1.82) is 0 Å². The summed E-state index contributed by atoms with van der Waals surface area (Å²) in [5.74, 6) is -0.609. The average Bonchev–Trinajstić information content (AvgIpc) is 2.70. The molecule has 1 aliphatic heterocycles. The number of piperidine rings is 1. The first kappa shape index (κ1) is 12.1. The fourth-order valence-corrected chi connectivity index (χ4v) is 2.78. The first-order chi connectivity index (χ1) is 9.22. The van der Waals surface area contributed by atoms with Crippen molar-refractivity contribution in [3.8, 4) is 5.88 Å². The number of aromatic nitrogens is 1. The van der Waals surface area contributed by atoms with E-state index in [2.05, 4.69) is 10.5 Å². The van der Waals surface area contributed by atoms with Crippen LogP contribution < -0.4 is 5.32 Å². The molecule has 0 spiro atoms. The third-order valence-corrected chi connectivity index (χ3v) is 3.68. The fourth-order valence-electron chi connectivity index (χ4n) is 2.78. The van der Waals surface area contributed by atoms with E-state index >= 15 is 0 Å². The van der Waals surface area contributed by atoms with Crippen LogP contribution in [0.25, 0.3) is 10.9 Å². The molecule has 1 aromatic carbocycles. The Bertz CT molecular complexity index is 632. The molecule has 0 bridgehead atoms. The quantitative estimate of drug-likeness (QED) is 0.819. The van der Waals surface area contributed by atoms with Gasteiger partial charge in [0.25, 0.3) is 0 Å². The van der Waals surface area contributed by atoms with Crippen LogP contribution in [0.5, 0.6) is 5.88 Å². The van der Waals surface area contributed by atoms with E-state index < -0.39 is 5.82 Å². The molecule has 0 amide bonds. The molecule has 0 saturated carbocycles. The number of nitroso groups, excluding NO2 is 1. The maximum atomic E-state index is 13.3.